The number of carbonyl (C=O) groups is 1. The molecule has 0 aliphatic carbocycles. The first-order valence-corrected chi connectivity index (χ1v) is 11.2. The van der Waals surface area contributed by atoms with E-state index >= 15 is 0 Å². The molecule has 10 heteroatoms. The molecule has 170 valence electrons. The molecule has 1 atom stereocenters. The van der Waals surface area contributed by atoms with E-state index < -0.39 is 17.7 Å². The van der Waals surface area contributed by atoms with Crippen LogP contribution in [0.1, 0.15) is 23.6 Å². The van der Waals surface area contributed by atoms with E-state index in [9.17, 15) is 18.0 Å². The lowest BCUT2D eigenvalue weighted by molar-refractivity contribution is -0.138. The number of hydrogen-bond donors (Lipinski definition) is 1. The molecule has 32 heavy (non-hydrogen) atoms. The van der Waals surface area contributed by atoms with E-state index in [-0.39, 0.29) is 12.5 Å². The molecule has 4 rings (SSSR count). The Morgan fingerprint density at radius 3 is 2.66 bits per heavy atom. The largest absolute Gasteiger partial charge is 0.481 e. The van der Waals surface area contributed by atoms with Crippen LogP contribution in [0.5, 0.6) is 0 Å². The van der Waals surface area contributed by atoms with E-state index in [4.69, 9.17) is 16.7 Å². The standard InChI is InChI=1S/C22H21ClF3N3O2S/c1-13-11-28(12-15-6-14(9-20(30)31)7-17(23)8-15)4-5-29(13)21-27-18-3-2-16(22(24,25)26)10-19(18)32-21/h2-3,6-8,10,13H,4-5,9,11-12H2,1H3,(H,30,31). The number of halogens is 4. The van der Waals surface area contributed by atoms with Crippen molar-refractivity contribution in [1.29, 1.82) is 0 Å². The number of piperazine rings is 1. The Bertz CT molecular complexity index is 1150. The normalized spacial score (nSPS) is 17.8. The highest BCUT2D eigenvalue weighted by Crippen LogP contribution is 2.36. The van der Waals surface area contributed by atoms with Crippen LogP contribution in [-0.4, -0.2) is 46.6 Å². The highest BCUT2D eigenvalue weighted by Gasteiger charge is 2.31. The second-order valence-electron chi connectivity index (χ2n) is 7.99. The summed E-state index contributed by atoms with van der Waals surface area (Å²) in [6.07, 6.45) is -4.45. The van der Waals surface area contributed by atoms with Gasteiger partial charge in [0.15, 0.2) is 5.13 Å². The molecular formula is C22H21ClF3N3O2S. The maximum atomic E-state index is 13.0. The SMILES string of the molecule is CC1CN(Cc2cc(Cl)cc(CC(=O)O)c2)CCN1c1nc2ccc(C(F)(F)F)cc2s1. The van der Waals surface area contributed by atoms with Crippen LogP contribution in [0.2, 0.25) is 5.02 Å². The Balaban J connectivity index is 1.46. The van der Waals surface area contributed by atoms with Crippen molar-refractivity contribution >= 4 is 44.3 Å². The third-order valence-electron chi connectivity index (χ3n) is 5.44. The molecule has 1 unspecified atom stereocenters. The van der Waals surface area contributed by atoms with Gasteiger partial charge in [-0.05, 0) is 48.4 Å². The molecule has 0 bridgehead atoms. The molecule has 0 saturated carbocycles. The number of anilines is 1. The summed E-state index contributed by atoms with van der Waals surface area (Å²) in [7, 11) is 0. The number of rotatable bonds is 5. The topological polar surface area (TPSA) is 56.7 Å². The van der Waals surface area contributed by atoms with Crippen LogP contribution in [0, 0.1) is 0 Å². The number of alkyl halides is 3. The van der Waals surface area contributed by atoms with Gasteiger partial charge < -0.3 is 10.0 Å². The predicted molar refractivity (Wildman–Crippen MR) is 119 cm³/mol. The van der Waals surface area contributed by atoms with Gasteiger partial charge in [-0.1, -0.05) is 29.0 Å². The van der Waals surface area contributed by atoms with Crippen LogP contribution in [0.3, 0.4) is 0 Å². The summed E-state index contributed by atoms with van der Waals surface area (Å²) < 4.78 is 39.5. The van der Waals surface area contributed by atoms with E-state index in [0.717, 1.165) is 35.9 Å². The van der Waals surface area contributed by atoms with Gasteiger partial charge in [0.2, 0.25) is 0 Å². The average Bonchev–Trinajstić information content (AvgIpc) is 3.09. The number of carboxylic acids is 1. The summed E-state index contributed by atoms with van der Waals surface area (Å²) in [5, 5.41) is 10.3. The molecule has 1 N–H and O–H groups in total. The number of thiazole rings is 1. The van der Waals surface area contributed by atoms with Gasteiger partial charge in [0.05, 0.1) is 22.2 Å². The number of nitrogens with zero attached hydrogens (tertiary/aromatic N) is 3. The van der Waals surface area contributed by atoms with Crippen molar-refractivity contribution in [1.82, 2.24) is 9.88 Å². The number of hydrogen-bond acceptors (Lipinski definition) is 5. The molecule has 3 aromatic rings. The summed E-state index contributed by atoms with van der Waals surface area (Å²) in [6, 6.07) is 9.13. The summed E-state index contributed by atoms with van der Waals surface area (Å²) in [5.74, 6) is -0.904. The van der Waals surface area contributed by atoms with Crippen molar-refractivity contribution in [3.05, 3.63) is 58.1 Å². The summed E-state index contributed by atoms with van der Waals surface area (Å²) in [4.78, 5) is 19.9. The monoisotopic (exact) mass is 483 g/mol. The van der Waals surface area contributed by atoms with Crippen LogP contribution in [0.15, 0.2) is 36.4 Å². The zero-order chi connectivity index (χ0) is 23.0. The van der Waals surface area contributed by atoms with E-state index in [1.807, 2.05) is 12.1 Å². The van der Waals surface area contributed by atoms with Crippen LogP contribution < -0.4 is 4.90 Å². The van der Waals surface area contributed by atoms with Gasteiger partial charge in [-0.25, -0.2) is 4.98 Å². The van der Waals surface area contributed by atoms with Crippen molar-refractivity contribution in [3.63, 3.8) is 0 Å². The molecule has 2 heterocycles. The zero-order valence-corrected chi connectivity index (χ0v) is 18.8. The van der Waals surface area contributed by atoms with E-state index in [1.54, 1.807) is 6.07 Å². The lowest BCUT2D eigenvalue weighted by Crippen LogP contribution is -2.51. The van der Waals surface area contributed by atoms with Crippen molar-refractivity contribution in [2.75, 3.05) is 24.5 Å². The Morgan fingerprint density at radius 2 is 1.97 bits per heavy atom. The first kappa shape index (κ1) is 22.8. The summed E-state index contributed by atoms with van der Waals surface area (Å²) >= 11 is 7.44. The molecule has 5 nitrogen and oxygen atoms in total. The predicted octanol–water partition coefficient (Wildman–Crippen LogP) is 5.31. The van der Waals surface area contributed by atoms with Gasteiger partial charge in [-0.3, -0.25) is 9.69 Å². The van der Waals surface area contributed by atoms with Crippen molar-refractivity contribution in [2.24, 2.45) is 0 Å². The van der Waals surface area contributed by atoms with Crippen molar-refractivity contribution in [3.8, 4) is 0 Å². The lowest BCUT2D eigenvalue weighted by Gasteiger charge is -2.39. The van der Waals surface area contributed by atoms with Gasteiger partial charge in [0, 0.05) is 37.2 Å². The minimum atomic E-state index is -4.37. The Morgan fingerprint density at radius 1 is 1.22 bits per heavy atom. The van der Waals surface area contributed by atoms with Gasteiger partial charge >= 0.3 is 12.1 Å². The first-order chi connectivity index (χ1) is 15.1. The van der Waals surface area contributed by atoms with Gasteiger partial charge in [-0.2, -0.15) is 13.2 Å². The number of fused-ring (bicyclic) bond motifs is 1. The summed E-state index contributed by atoms with van der Waals surface area (Å²) in [6.45, 7) is 4.88. The summed E-state index contributed by atoms with van der Waals surface area (Å²) in [5.41, 5.74) is 1.52. The lowest BCUT2D eigenvalue weighted by atomic mass is 10.1. The smallest absolute Gasteiger partial charge is 0.416 e. The Labute approximate surface area is 192 Å². The fourth-order valence-corrected chi connectivity index (χ4v) is 5.43. The van der Waals surface area contributed by atoms with Gasteiger partial charge in [0.1, 0.15) is 0 Å². The third kappa shape index (κ3) is 5.16. The second kappa shape index (κ2) is 8.88. The highest BCUT2D eigenvalue weighted by molar-refractivity contribution is 7.22. The maximum Gasteiger partial charge on any atom is 0.416 e. The van der Waals surface area contributed by atoms with Crippen LogP contribution in [-0.2, 0) is 23.9 Å². The van der Waals surface area contributed by atoms with E-state index in [2.05, 4.69) is 21.7 Å². The molecular weight excluding hydrogens is 463 g/mol. The van der Waals surface area contributed by atoms with E-state index in [1.165, 1.54) is 17.4 Å². The number of carboxylic acid groups (broad SMARTS) is 1. The zero-order valence-electron chi connectivity index (χ0n) is 17.2. The molecule has 2 aromatic carbocycles. The van der Waals surface area contributed by atoms with Crippen LogP contribution in [0.25, 0.3) is 10.2 Å². The molecule has 1 aromatic heterocycles. The number of aromatic nitrogens is 1. The van der Waals surface area contributed by atoms with Gasteiger partial charge in [-0.15, -0.1) is 0 Å². The Hall–Kier alpha value is -2.36. The second-order valence-corrected chi connectivity index (χ2v) is 9.44. The van der Waals surface area contributed by atoms with Crippen LogP contribution >= 0.6 is 22.9 Å². The number of aliphatic carboxylic acids is 1. The molecule has 1 fully saturated rings. The molecule has 1 saturated heterocycles. The number of benzene rings is 2. The fourth-order valence-electron chi connectivity index (χ4n) is 4.02. The third-order valence-corrected chi connectivity index (χ3v) is 6.71. The highest BCUT2D eigenvalue weighted by atomic mass is 35.5. The van der Waals surface area contributed by atoms with Crippen LogP contribution in [0.4, 0.5) is 18.3 Å². The van der Waals surface area contributed by atoms with Crippen molar-refractivity contribution in [2.45, 2.75) is 32.1 Å². The average molecular weight is 484 g/mol. The van der Waals surface area contributed by atoms with Crippen molar-refractivity contribution < 1.29 is 23.1 Å². The minimum absolute atomic E-state index is 0.0780. The minimum Gasteiger partial charge on any atom is -0.481 e. The maximum absolute atomic E-state index is 13.0. The molecule has 0 radical (unpaired) electrons. The molecule has 1 aliphatic heterocycles. The molecule has 1 aliphatic rings. The molecule has 0 spiro atoms. The Kier molecular flexibility index (Phi) is 6.33. The quantitative estimate of drug-likeness (QED) is 0.533. The van der Waals surface area contributed by atoms with E-state index in [0.29, 0.717) is 33.9 Å². The fraction of sp³-hybridized carbons (Fsp3) is 0.364. The van der Waals surface area contributed by atoms with Gasteiger partial charge in [0.25, 0.3) is 0 Å². The molecule has 0 amide bonds. The first-order valence-electron chi connectivity index (χ1n) is 10.1.